The van der Waals surface area contributed by atoms with Gasteiger partial charge in [0.1, 0.15) is 0 Å². The first-order valence-electron chi connectivity index (χ1n) is 6.80. The van der Waals surface area contributed by atoms with Gasteiger partial charge in [-0.15, -0.1) is 0 Å². The van der Waals surface area contributed by atoms with Crippen molar-refractivity contribution in [2.45, 2.75) is 25.1 Å². The highest BCUT2D eigenvalue weighted by atomic mass is 19.3. The predicted octanol–water partition coefficient (Wildman–Crippen LogP) is 2.55. The van der Waals surface area contributed by atoms with Gasteiger partial charge < -0.3 is 20.1 Å². The Balaban J connectivity index is 1.77. The minimum absolute atomic E-state index is 0.00536. The number of hydrogen-bond acceptors (Lipinski definition) is 4. The molecule has 1 spiro atoms. The van der Waals surface area contributed by atoms with E-state index in [0.29, 0.717) is 50.5 Å². The molecule has 110 valence electrons. The summed E-state index contributed by atoms with van der Waals surface area (Å²) >= 11 is 0. The molecule has 4 nitrogen and oxygen atoms in total. The van der Waals surface area contributed by atoms with Crippen LogP contribution in [0.1, 0.15) is 24.8 Å². The van der Waals surface area contributed by atoms with E-state index in [1.54, 1.807) is 12.1 Å². The fraction of sp³-hybridized carbons (Fsp3) is 0.571. The van der Waals surface area contributed by atoms with Crippen LogP contribution in [0.3, 0.4) is 0 Å². The van der Waals surface area contributed by atoms with Crippen LogP contribution in [0.4, 0.5) is 20.2 Å². The number of benzene rings is 1. The maximum atomic E-state index is 13.1. The smallest absolute Gasteiger partial charge is 0.265 e. The lowest BCUT2D eigenvalue weighted by Gasteiger charge is -2.39. The topological polar surface area (TPSA) is 47.7 Å². The van der Waals surface area contributed by atoms with Gasteiger partial charge in [0.05, 0.1) is 13.2 Å². The van der Waals surface area contributed by atoms with Crippen molar-refractivity contribution in [1.29, 1.82) is 0 Å². The van der Waals surface area contributed by atoms with Crippen molar-refractivity contribution < 1.29 is 18.3 Å². The molecule has 0 atom stereocenters. The molecule has 0 unspecified atom stereocenters. The molecule has 0 amide bonds. The fourth-order valence-corrected chi connectivity index (χ4v) is 2.91. The zero-order chi connectivity index (χ0) is 14.2. The summed E-state index contributed by atoms with van der Waals surface area (Å²) < 4.78 is 37.5. The Morgan fingerprint density at radius 2 is 1.80 bits per heavy atom. The molecule has 0 saturated carbocycles. The number of nitrogens with zero attached hydrogens (tertiary/aromatic N) is 1. The van der Waals surface area contributed by atoms with E-state index in [-0.39, 0.29) is 5.56 Å². The largest absolute Gasteiger partial charge is 0.399 e. The SMILES string of the molecule is Nc1ccc(N2CCC3(CC2)OCCO3)c(C(F)F)c1. The number of hydrogen-bond donors (Lipinski definition) is 1. The molecule has 1 aromatic carbocycles. The lowest BCUT2D eigenvalue weighted by Crippen LogP contribution is -2.45. The summed E-state index contributed by atoms with van der Waals surface area (Å²) in [6.45, 7) is 2.52. The van der Waals surface area contributed by atoms with Crippen molar-refractivity contribution in [2.75, 3.05) is 36.9 Å². The Morgan fingerprint density at radius 1 is 1.15 bits per heavy atom. The highest BCUT2D eigenvalue weighted by Crippen LogP contribution is 2.37. The predicted molar refractivity (Wildman–Crippen MR) is 71.9 cm³/mol. The number of nitrogens with two attached hydrogens (primary N) is 1. The molecular formula is C14H18F2N2O2. The fourth-order valence-electron chi connectivity index (χ4n) is 2.91. The Labute approximate surface area is 116 Å². The van der Waals surface area contributed by atoms with Crippen LogP contribution in [0.5, 0.6) is 0 Å². The molecule has 2 N–H and O–H groups in total. The van der Waals surface area contributed by atoms with E-state index in [4.69, 9.17) is 15.2 Å². The van der Waals surface area contributed by atoms with Gasteiger partial charge in [0, 0.05) is 42.9 Å². The maximum absolute atomic E-state index is 13.1. The van der Waals surface area contributed by atoms with Crippen LogP contribution in [0.2, 0.25) is 0 Å². The zero-order valence-electron chi connectivity index (χ0n) is 11.1. The number of alkyl halides is 2. The van der Waals surface area contributed by atoms with Gasteiger partial charge in [-0.3, -0.25) is 0 Å². The van der Waals surface area contributed by atoms with Gasteiger partial charge in [-0.25, -0.2) is 8.78 Å². The number of piperidine rings is 1. The van der Waals surface area contributed by atoms with Crippen molar-refractivity contribution in [3.63, 3.8) is 0 Å². The van der Waals surface area contributed by atoms with Gasteiger partial charge in [0.15, 0.2) is 5.79 Å². The number of nitrogen functional groups attached to an aromatic ring is 1. The van der Waals surface area contributed by atoms with Crippen molar-refractivity contribution in [1.82, 2.24) is 0 Å². The molecular weight excluding hydrogens is 266 g/mol. The molecule has 0 aliphatic carbocycles. The van der Waals surface area contributed by atoms with Crippen molar-refractivity contribution >= 4 is 11.4 Å². The second kappa shape index (κ2) is 5.18. The molecule has 6 heteroatoms. The first-order chi connectivity index (χ1) is 9.60. The average Bonchev–Trinajstić information content (AvgIpc) is 2.88. The highest BCUT2D eigenvalue weighted by molar-refractivity contribution is 5.60. The number of rotatable bonds is 2. The molecule has 2 heterocycles. The lowest BCUT2D eigenvalue weighted by molar-refractivity contribution is -0.169. The monoisotopic (exact) mass is 284 g/mol. The minimum atomic E-state index is -2.52. The molecule has 0 radical (unpaired) electrons. The van der Waals surface area contributed by atoms with Crippen LogP contribution < -0.4 is 10.6 Å². The van der Waals surface area contributed by atoms with E-state index in [1.807, 2.05) is 4.90 Å². The quantitative estimate of drug-likeness (QED) is 0.848. The standard InChI is InChI=1S/C14H18F2N2O2/c15-13(16)11-9-10(17)1-2-12(11)18-5-3-14(4-6-18)19-7-8-20-14/h1-2,9,13H,3-8,17H2. The third kappa shape index (κ3) is 2.45. The molecule has 2 fully saturated rings. The van der Waals surface area contributed by atoms with Crippen molar-refractivity contribution in [2.24, 2.45) is 0 Å². The van der Waals surface area contributed by atoms with Gasteiger partial charge in [-0.05, 0) is 18.2 Å². The van der Waals surface area contributed by atoms with E-state index < -0.39 is 12.2 Å². The first kappa shape index (κ1) is 13.6. The summed E-state index contributed by atoms with van der Waals surface area (Å²) in [5.41, 5.74) is 6.51. The van der Waals surface area contributed by atoms with E-state index >= 15 is 0 Å². The summed E-state index contributed by atoms with van der Waals surface area (Å²) in [7, 11) is 0. The summed E-state index contributed by atoms with van der Waals surface area (Å²) in [5, 5.41) is 0. The third-order valence-corrected chi connectivity index (χ3v) is 3.97. The van der Waals surface area contributed by atoms with E-state index in [0.717, 1.165) is 0 Å². The van der Waals surface area contributed by atoms with E-state index in [2.05, 4.69) is 0 Å². The normalized spacial score (nSPS) is 21.9. The summed E-state index contributed by atoms with van der Waals surface area (Å²) in [6, 6.07) is 4.69. The van der Waals surface area contributed by atoms with Gasteiger partial charge in [0.25, 0.3) is 6.43 Å². The Hall–Kier alpha value is -1.40. The summed E-state index contributed by atoms with van der Waals surface area (Å²) in [5.74, 6) is -0.491. The van der Waals surface area contributed by atoms with Gasteiger partial charge >= 0.3 is 0 Å². The van der Waals surface area contributed by atoms with Crippen LogP contribution in [0, 0.1) is 0 Å². The molecule has 2 saturated heterocycles. The Bertz CT molecular complexity index is 480. The molecule has 2 aliphatic heterocycles. The molecule has 2 aliphatic rings. The van der Waals surface area contributed by atoms with Gasteiger partial charge in [0.2, 0.25) is 0 Å². The van der Waals surface area contributed by atoms with Gasteiger partial charge in [-0.1, -0.05) is 0 Å². The van der Waals surface area contributed by atoms with E-state index in [9.17, 15) is 8.78 Å². The van der Waals surface area contributed by atoms with Crippen LogP contribution in [-0.4, -0.2) is 32.1 Å². The first-order valence-corrected chi connectivity index (χ1v) is 6.80. The molecule has 1 aromatic rings. The molecule has 3 rings (SSSR count). The van der Waals surface area contributed by atoms with Crippen LogP contribution in [0.25, 0.3) is 0 Å². The third-order valence-electron chi connectivity index (χ3n) is 3.97. The number of anilines is 2. The van der Waals surface area contributed by atoms with E-state index in [1.165, 1.54) is 6.07 Å². The minimum Gasteiger partial charge on any atom is -0.399 e. The van der Waals surface area contributed by atoms with Crippen molar-refractivity contribution in [3.05, 3.63) is 23.8 Å². The highest BCUT2D eigenvalue weighted by Gasteiger charge is 2.40. The molecule has 0 aromatic heterocycles. The average molecular weight is 284 g/mol. The molecule has 0 bridgehead atoms. The van der Waals surface area contributed by atoms with Crippen LogP contribution in [0.15, 0.2) is 18.2 Å². The Kier molecular flexibility index (Phi) is 3.52. The van der Waals surface area contributed by atoms with Crippen molar-refractivity contribution in [3.8, 4) is 0 Å². The second-order valence-corrected chi connectivity index (χ2v) is 5.21. The van der Waals surface area contributed by atoms with Crippen LogP contribution >= 0.6 is 0 Å². The second-order valence-electron chi connectivity index (χ2n) is 5.21. The maximum Gasteiger partial charge on any atom is 0.265 e. The number of ether oxygens (including phenoxy) is 2. The number of halogens is 2. The summed E-state index contributed by atoms with van der Waals surface area (Å²) in [4.78, 5) is 1.96. The van der Waals surface area contributed by atoms with Gasteiger partial charge in [-0.2, -0.15) is 0 Å². The summed E-state index contributed by atoms with van der Waals surface area (Å²) in [6.07, 6.45) is -1.14. The molecule has 20 heavy (non-hydrogen) atoms. The lowest BCUT2D eigenvalue weighted by atomic mass is 10.0. The van der Waals surface area contributed by atoms with Crippen LogP contribution in [-0.2, 0) is 9.47 Å². The Morgan fingerprint density at radius 3 is 2.40 bits per heavy atom. The zero-order valence-corrected chi connectivity index (χ0v) is 11.1.